The van der Waals surface area contributed by atoms with Gasteiger partial charge in [-0.2, -0.15) is 15.3 Å². The number of aromatic nitrogens is 7. The first-order valence-corrected chi connectivity index (χ1v) is 8.14. The van der Waals surface area contributed by atoms with Crippen molar-refractivity contribution in [2.24, 2.45) is 7.05 Å². The number of H-pyrrole nitrogens is 1. The fraction of sp³-hybridized carbons (Fsp3) is 0.111. The van der Waals surface area contributed by atoms with Crippen molar-refractivity contribution in [3.05, 3.63) is 66.4 Å². The molecule has 0 spiro atoms. The maximum absolute atomic E-state index is 10.9. The molecule has 8 nitrogen and oxygen atoms in total. The standard InChI is InChI=1S/C18H15N7O/c1-24-10-13(8-21-24)15-4-5-17-19-9-16(25(17)23-15)18(26)11-2-3-14-12(6-11)7-20-22-14/h2-10,18,26H,1H3,(H,20,22). The first-order valence-electron chi connectivity index (χ1n) is 8.14. The summed E-state index contributed by atoms with van der Waals surface area (Å²) in [4.78, 5) is 4.36. The van der Waals surface area contributed by atoms with Crippen molar-refractivity contribution in [3.8, 4) is 11.3 Å². The van der Waals surface area contributed by atoms with E-state index in [9.17, 15) is 5.11 Å². The molecule has 0 aliphatic rings. The predicted molar refractivity (Wildman–Crippen MR) is 95.3 cm³/mol. The van der Waals surface area contributed by atoms with Gasteiger partial charge in [-0.3, -0.25) is 9.78 Å². The molecule has 1 unspecified atom stereocenters. The summed E-state index contributed by atoms with van der Waals surface area (Å²) in [5, 5.41) is 27.6. The lowest BCUT2D eigenvalue weighted by molar-refractivity contribution is 0.213. The number of rotatable bonds is 3. The Hall–Kier alpha value is -3.52. The second-order valence-electron chi connectivity index (χ2n) is 6.19. The van der Waals surface area contributed by atoms with Crippen molar-refractivity contribution in [1.82, 2.24) is 34.6 Å². The topological polar surface area (TPSA) is 96.9 Å². The van der Waals surface area contributed by atoms with Crippen LogP contribution in [0.2, 0.25) is 0 Å². The average Bonchev–Trinajstić information content (AvgIpc) is 3.38. The van der Waals surface area contributed by atoms with E-state index in [0.717, 1.165) is 27.7 Å². The van der Waals surface area contributed by atoms with E-state index in [1.165, 1.54) is 0 Å². The number of aliphatic hydroxyl groups excluding tert-OH is 1. The Morgan fingerprint density at radius 2 is 2.04 bits per heavy atom. The van der Waals surface area contributed by atoms with E-state index < -0.39 is 6.10 Å². The van der Waals surface area contributed by atoms with Crippen molar-refractivity contribution in [3.63, 3.8) is 0 Å². The highest BCUT2D eigenvalue weighted by Gasteiger charge is 2.18. The molecule has 26 heavy (non-hydrogen) atoms. The van der Waals surface area contributed by atoms with Crippen molar-refractivity contribution >= 4 is 16.6 Å². The van der Waals surface area contributed by atoms with Crippen molar-refractivity contribution < 1.29 is 5.11 Å². The molecule has 4 heterocycles. The summed E-state index contributed by atoms with van der Waals surface area (Å²) in [6.45, 7) is 0. The van der Waals surface area contributed by atoms with Gasteiger partial charge in [0.05, 0.1) is 35.5 Å². The first-order chi connectivity index (χ1) is 12.7. The maximum Gasteiger partial charge on any atom is 0.153 e. The van der Waals surface area contributed by atoms with Crippen molar-refractivity contribution in [2.75, 3.05) is 0 Å². The average molecular weight is 345 g/mol. The van der Waals surface area contributed by atoms with Gasteiger partial charge >= 0.3 is 0 Å². The quantitative estimate of drug-likeness (QED) is 0.522. The maximum atomic E-state index is 10.9. The normalized spacial score (nSPS) is 12.8. The Bertz CT molecular complexity index is 1230. The lowest BCUT2D eigenvalue weighted by Crippen LogP contribution is -2.06. The van der Waals surface area contributed by atoms with Gasteiger partial charge in [0.15, 0.2) is 5.65 Å². The smallest absolute Gasteiger partial charge is 0.153 e. The first kappa shape index (κ1) is 14.8. The largest absolute Gasteiger partial charge is 0.382 e. The number of nitrogens with zero attached hydrogens (tertiary/aromatic N) is 6. The molecule has 0 radical (unpaired) electrons. The molecule has 0 aliphatic carbocycles. The zero-order chi connectivity index (χ0) is 17.7. The number of aryl methyl sites for hydroxylation is 1. The highest BCUT2D eigenvalue weighted by molar-refractivity contribution is 5.78. The minimum atomic E-state index is -0.846. The molecule has 8 heteroatoms. The number of hydrogen-bond donors (Lipinski definition) is 2. The number of aliphatic hydroxyl groups is 1. The van der Waals surface area contributed by atoms with Gasteiger partial charge < -0.3 is 5.11 Å². The van der Waals surface area contributed by atoms with E-state index in [0.29, 0.717) is 11.3 Å². The molecule has 2 N–H and O–H groups in total. The van der Waals surface area contributed by atoms with Crippen LogP contribution in [0.5, 0.6) is 0 Å². The number of nitrogens with one attached hydrogen (secondary N) is 1. The molecule has 0 saturated heterocycles. The predicted octanol–water partition coefficient (Wildman–Crippen LogP) is 2.09. The highest BCUT2D eigenvalue weighted by atomic mass is 16.3. The van der Waals surface area contributed by atoms with Crippen molar-refractivity contribution in [2.45, 2.75) is 6.10 Å². The summed E-state index contributed by atoms with van der Waals surface area (Å²) in [6.07, 6.45) is 6.20. The molecule has 5 aromatic rings. The van der Waals surface area contributed by atoms with E-state index in [1.54, 1.807) is 27.8 Å². The van der Waals surface area contributed by atoms with Crippen LogP contribution in [0.3, 0.4) is 0 Å². The van der Waals surface area contributed by atoms with Crippen LogP contribution in [0.15, 0.2) is 55.1 Å². The summed E-state index contributed by atoms with van der Waals surface area (Å²) in [5.74, 6) is 0. The second kappa shape index (κ2) is 5.50. The molecule has 1 atom stereocenters. The lowest BCUT2D eigenvalue weighted by Gasteiger charge is -2.11. The van der Waals surface area contributed by atoms with Gasteiger partial charge in [0.25, 0.3) is 0 Å². The van der Waals surface area contributed by atoms with Crippen LogP contribution in [0.4, 0.5) is 0 Å². The third-order valence-corrected chi connectivity index (χ3v) is 4.45. The molecular formula is C18H15N7O. The Balaban J connectivity index is 1.61. The molecule has 0 amide bonds. The molecule has 0 aliphatic heterocycles. The van der Waals surface area contributed by atoms with Gasteiger partial charge in [-0.1, -0.05) is 6.07 Å². The van der Waals surface area contributed by atoms with Crippen LogP contribution in [0, 0.1) is 0 Å². The molecule has 0 saturated carbocycles. The number of fused-ring (bicyclic) bond motifs is 2. The van der Waals surface area contributed by atoms with Crippen LogP contribution < -0.4 is 0 Å². The van der Waals surface area contributed by atoms with Crippen LogP contribution in [-0.2, 0) is 7.05 Å². The number of imidazole rings is 1. The summed E-state index contributed by atoms with van der Waals surface area (Å²) < 4.78 is 3.40. The fourth-order valence-corrected chi connectivity index (χ4v) is 3.09. The summed E-state index contributed by atoms with van der Waals surface area (Å²) in [7, 11) is 1.86. The van der Waals surface area contributed by atoms with Gasteiger partial charge in [0, 0.05) is 24.2 Å². The van der Waals surface area contributed by atoms with Crippen LogP contribution in [0.25, 0.3) is 27.8 Å². The zero-order valence-electron chi connectivity index (χ0n) is 13.9. The van der Waals surface area contributed by atoms with Gasteiger partial charge in [-0.15, -0.1) is 0 Å². The highest BCUT2D eigenvalue weighted by Crippen LogP contribution is 2.26. The zero-order valence-corrected chi connectivity index (χ0v) is 13.9. The van der Waals surface area contributed by atoms with E-state index in [4.69, 9.17) is 0 Å². The fourth-order valence-electron chi connectivity index (χ4n) is 3.09. The Kier molecular flexibility index (Phi) is 3.13. The number of benzene rings is 1. The minimum absolute atomic E-state index is 0.605. The molecular weight excluding hydrogens is 330 g/mol. The summed E-state index contributed by atoms with van der Waals surface area (Å²) in [6, 6.07) is 9.46. The van der Waals surface area contributed by atoms with Gasteiger partial charge in [-0.05, 0) is 29.8 Å². The van der Waals surface area contributed by atoms with Crippen LogP contribution >= 0.6 is 0 Å². The van der Waals surface area contributed by atoms with Crippen LogP contribution in [0.1, 0.15) is 17.4 Å². The monoisotopic (exact) mass is 345 g/mol. The molecule has 128 valence electrons. The van der Waals surface area contributed by atoms with E-state index in [1.807, 2.05) is 43.6 Å². The molecule has 4 aromatic heterocycles. The third kappa shape index (κ3) is 2.27. The Morgan fingerprint density at radius 3 is 2.88 bits per heavy atom. The van der Waals surface area contributed by atoms with E-state index >= 15 is 0 Å². The minimum Gasteiger partial charge on any atom is -0.382 e. The van der Waals surface area contributed by atoms with Gasteiger partial charge in [0.2, 0.25) is 0 Å². The number of aromatic amines is 1. The molecule has 0 bridgehead atoms. The Morgan fingerprint density at radius 1 is 1.12 bits per heavy atom. The van der Waals surface area contributed by atoms with Crippen molar-refractivity contribution in [1.29, 1.82) is 0 Å². The Labute approximate surface area is 147 Å². The molecule has 1 aromatic carbocycles. The second-order valence-corrected chi connectivity index (χ2v) is 6.19. The molecule has 0 fully saturated rings. The van der Waals surface area contributed by atoms with Gasteiger partial charge in [0.1, 0.15) is 6.10 Å². The lowest BCUT2D eigenvalue weighted by atomic mass is 10.1. The van der Waals surface area contributed by atoms with E-state index in [-0.39, 0.29) is 0 Å². The summed E-state index contributed by atoms with van der Waals surface area (Å²) in [5.41, 5.74) is 4.64. The van der Waals surface area contributed by atoms with Crippen LogP contribution in [-0.4, -0.2) is 39.7 Å². The van der Waals surface area contributed by atoms with Gasteiger partial charge in [-0.25, -0.2) is 9.50 Å². The third-order valence-electron chi connectivity index (χ3n) is 4.45. The SMILES string of the molecule is Cn1cc(-c2ccc3ncc(C(O)c4ccc5[nH]ncc5c4)n3n2)cn1. The van der Waals surface area contributed by atoms with E-state index in [2.05, 4.69) is 25.4 Å². The summed E-state index contributed by atoms with van der Waals surface area (Å²) >= 11 is 0. The number of hydrogen-bond acceptors (Lipinski definition) is 5. The molecule has 5 rings (SSSR count).